The first-order valence-electron chi connectivity index (χ1n) is 8.15. The number of nitrogens with zero attached hydrogens (tertiary/aromatic N) is 2. The van der Waals surface area contributed by atoms with Crippen LogP contribution in [0.4, 0.5) is 19.0 Å². The Hall–Kier alpha value is -3.04. The van der Waals surface area contributed by atoms with Gasteiger partial charge in [-0.1, -0.05) is 12.1 Å². The SMILES string of the molecule is CC(=O)Nc1cc2ccc(-c3cnc(C(O)(O)C(F)(F)F)cc3C)cc2cn1. The summed E-state index contributed by atoms with van der Waals surface area (Å²) in [7, 11) is 0. The van der Waals surface area contributed by atoms with Gasteiger partial charge in [0.1, 0.15) is 11.5 Å². The molecule has 3 rings (SSSR count). The molecule has 146 valence electrons. The number of hydrogen-bond acceptors (Lipinski definition) is 5. The van der Waals surface area contributed by atoms with Crippen molar-refractivity contribution in [3.63, 3.8) is 0 Å². The smallest absolute Gasteiger partial charge is 0.354 e. The maximum Gasteiger partial charge on any atom is 0.449 e. The number of rotatable bonds is 3. The van der Waals surface area contributed by atoms with Gasteiger partial charge < -0.3 is 15.5 Å². The normalized spacial score (nSPS) is 12.2. The van der Waals surface area contributed by atoms with E-state index in [1.807, 2.05) is 0 Å². The van der Waals surface area contributed by atoms with Gasteiger partial charge in [-0.25, -0.2) is 4.98 Å². The molecule has 0 aliphatic heterocycles. The summed E-state index contributed by atoms with van der Waals surface area (Å²) in [4.78, 5) is 18.9. The standard InChI is InChI=1S/C19H16F3N3O3/c1-10-5-16(18(27,28)19(20,21)22)23-9-15(10)13-4-3-12-7-17(25-11(2)26)24-8-14(12)6-13/h3-9,27-28H,1-2H3,(H,24,25,26). The molecule has 3 aromatic rings. The Bertz CT molecular complexity index is 1070. The predicted octanol–water partition coefficient (Wildman–Crippen LogP) is 3.26. The molecule has 0 saturated carbocycles. The Morgan fingerprint density at radius 3 is 2.36 bits per heavy atom. The van der Waals surface area contributed by atoms with Gasteiger partial charge in [0.05, 0.1) is 0 Å². The first-order valence-corrected chi connectivity index (χ1v) is 8.15. The van der Waals surface area contributed by atoms with Crippen molar-refractivity contribution in [3.8, 4) is 11.1 Å². The first-order chi connectivity index (χ1) is 13.0. The summed E-state index contributed by atoms with van der Waals surface area (Å²) in [5.74, 6) is -3.86. The van der Waals surface area contributed by atoms with E-state index in [0.29, 0.717) is 22.5 Å². The van der Waals surface area contributed by atoms with Crippen LogP contribution in [0.3, 0.4) is 0 Å². The van der Waals surface area contributed by atoms with Crippen LogP contribution in [0.5, 0.6) is 0 Å². The summed E-state index contributed by atoms with van der Waals surface area (Å²) >= 11 is 0. The topological polar surface area (TPSA) is 95.3 Å². The number of anilines is 1. The van der Waals surface area contributed by atoms with Crippen LogP contribution in [0.15, 0.2) is 42.7 Å². The monoisotopic (exact) mass is 391 g/mol. The summed E-state index contributed by atoms with van der Waals surface area (Å²) < 4.78 is 38.4. The second-order valence-corrected chi connectivity index (χ2v) is 6.37. The van der Waals surface area contributed by atoms with Gasteiger partial charge in [0.15, 0.2) is 0 Å². The van der Waals surface area contributed by atoms with Crippen LogP contribution in [-0.4, -0.2) is 32.3 Å². The van der Waals surface area contributed by atoms with E-state index >= 15 is 0 Å². The van der Waals surface area contributed by atoms with Crippen LogP contribution in [0, 0.1) is 6.92 Å². The third-order valence-electron chi connectivity index (χ3n) is 4.20. The molecule has 1 aromatic carbocycles. The molecule has 0 saturated heterocycles. The molecule has 1 amide bonds. The van der Waals surface area contributed by atoms with Gasteiger partial charge in [-0.3, -0.25) is 9.78 Å². The third kappa shape index (κ3) is 3.67. The molecule has 0 spiro atoms. The molecule has 0 radical (unpaired) electrons. The average molecular weight is 391 g/mol. The molecule has 6 nitrogen and oxygen atoms in total. The number of amides is 1. The lowest BCUT2D eigenvalue weighted by Crippen LogP contribution is -2.42. The van der Waals surface area contributed by atoms with Crippen molar-refractivity contribution < 1.29 is 28.2 Å². The number of carbonyl (C=O) groups is 1. The Kier molecular flexibility index (Phi) is 4.82. The minimum atomic E-state index is -5.27. The molecule has 28 heavy (non-hydrogen) atoms. The van der Waals surface area contributed by atoms with Crippen molar-refractivity contribution >= 4 is 22.5 Å². The Morgan fingerprint density at radius 2 is 1.75 bits per heavy atom. The minimum Gasteiger partial charge on any atom is -0.354 e. The number of alkyl halides is 3. The summed E-state index contributed by atoms with van der Waals surface area (Å²) in [5.41, 5.74) is 0.703. The maximum atomic E-state index is 12.8. The Balaban J connectivity index is 1.99. The zero-order valence-corrected chi connectivity index (χ0v) is 14.9. The fraction of sp³-hybridized carbons (Fsp3) is 0.211. The van der Waals surface area contributed by atoms with Crippen LogP contribution < -0.4 is 5.32 Å². The molecular weight excluding hydrogens is 375 g/mol. The average Bonchev–Trinajstić information content (AvgIpc) is 2.59. The fourth-order valence-electron chi connectivity index (χ4n) is 2.75. The number of carbonyl (C=O) groups excluding carboxylic acids is 1. The zero-order valence-electron chi connectivity index (χ0n) is 14.9. The van der Waals surface area contributed by atoms with E-state index in [9.17, 15) is 28.2 Å². The number of nitrogens with one attached hydrogen (secondary N) is 1. The van der Waals surface area contributed by atoms with E-state index in [1.165, 1.54) is 6.92 Å². The van der Waals surface area contributed by atoms with Crippen LogP contribution in [0.1, 0.15) is 18.2 Å². The molecule has 0 aliphatic rings. The molecule has 2 aromatic heterocycles. The van der Waals surface area contributed by atoms with Gasteiger partial charge in [-0.15, -0.1) is 0 Å². The summed E-state index contributed by atoms with van der Waals surface area (Å²) in [5, 5.41) is 22.9. The molecule has 3 N–H and O–H groups in total. The van der Waals surface area contributed by atoms with Gasteiger partial charge in [0.2, 0.25) is 5.91 Å². The van der Waals surface area contributed by atoms with Crippen molar-refractivity contribution in [3.05, 3.63) is 54.0 Å². The highest BCUT2D eigenvalue weighted by atomic mass is 19.4. The lowest BCUT2D eigenvalue weighted by Gasteiger charge is -2.24. The van der Waals surface area contributed by atoms with Crippen molar-refractivity contribution in [2.24, 2.45) is 0 Å². The number of halogens is 3. The van der Waals surface area contributed by atoms with E-state index in [0.717, 1.165) is 23.0 Å². The molecule has 0 fully saturated rings. The predicted molar refractivity (Wildman–Crippen MR) is 96.2 cm³/mol. The first kappa shape index (κ1) is 19.7. The Morgan fingerprint density at radius 1 is 1.04 bits per heavy atom. The molecular formula is C19H16F3N3O3. The van der Waals surface area contributed by atoms with Gasteiger partial charge in [0, 0.05) is 30.3 Å². The lowest BCUT2D eigenvalue weighted by atomic mass is 9.98. The van der Waals surface area contributed by atoms with Gasteiger partial charge in [-0.2, -0.15) is 13.2 Å². The highest BCUT2D eigenvalue weighted by Crippen LogP contribution is 2.37. The number of pyridine rings is 2. The van der Waals surface area contributed by atoms with E-state index in [1.54, 1.807) is 37.4 Å². The number of hydrogen-bond donors (Lipinski definition) is 3. The van der Waals surface area contributed by atoms with Crippen LogP contribution in [0.2, 0.25) is 0 Å². The van der Waals surface area contributed by atoms with Crippen LogP contribution in [-0.2, 0) is 10.6 Å². The van der Waals surface area contributed by atoms with Crippen molar-refractivity contribution in [1.82, 2.24) is 9.97 Å². The molecule has 0 aliphatic carbocycles. The number of fused-ring (bicyclic) bond motifs is 1. The molecule has 0 unspecified atom stereocenters. The number of benzene rings is 1. The summed E-state index contributed by atoms with van der Waals surface area (Å²) in [6, 6.07) is 8.00. The molecule has 0 bridgehead atoms. The zero-order chi connectivity index (χ0) is 20.7. The molecule has 9 heteroatoms. The largest absolute Gasteiger partial charge is 0.449 e. The third-order valence-corrected chi connectivity index (χ3v) is 4.20. The van der Waals surface area contributed by atoms with Crippen LogP contribution in [0.25, 0.3) is 21.9 Å². The lowest BCUT2D eigenvalue weighted by molar-refractivity contribution is -0.359. The summed E-state index contributed by atoms with van der Waals surface area (Å²) in [6.07, 6.45) is -2.54. The fourth-order valence-corrected chi connectivity index (χ4v) is 2.75. The second-order valence-electron chi connectivity index (χ2n) is 6.37. The number of aromatic nitrogens is 2. The van der Waals surface area contributed by atoms with Crippen molar-refractivity contribution in [1.29, 1.82) is 0 Å². The maximum absolute atomic E-state index is 12.8. The highest BCUT2D eigenvalue weighted by Gasteiger charge is 2.55. The summed E-state index contributed by atoms with van der Waals surface area (Å²) in [6.45, 7) is 2.93. The van der Waals surface area contributed by atoms with E-state index in [-0.39, 0.29) is 5.91 Å². The van der Waals surface area contributed by atoms with E-state index < -0.39 is 17.7 Å². The van der Waals surface area contributed by atoms with E-state index in [2.05, 4.69) is 15.3 Å². The highest BCUT2D eigenvalue weighted by molar-refractivity contribution is 5.92. The minimum absolute atomic E-state index is 0.243. The quantitative estimate of drug-likeness (QED) is 0.596. The van der Waals surface area contributed by atoms with E-state index in [4.69, 9.17) is 0 Å². The van der Waals surface area contributed by atoms with Gasteiger partial charge in [-0.05, 0) is 41.6 Å². The van der Waals surface area contributed by atoms with Crippen molar-refractivity contribution in [2.75, 3.05) is 5.32 Å². The molecule has 2 heterocycles. The Labute approximate surface area is 157 Å². The number of aryl methyl sites for hydroxylation is 1. The van der Waals surface area contributed by atoms with Crippen molar-refractivity contribution in [2.45, 2.75) is 25.8 Å². The van der Waals surface area contributed by atoms with Gasteiger partial charge >= 0.3 is 12.0 Å². The second kappa shape index (κ2) is 6.84. The molecule has 0 atom stereocenters. The van der Waals surface area contributed by atoms with Gasteiger partial charge in [0.25, 0.3) is 0 Å². The van der Waals surface area contributed by atoms with Crippen LogP contribution >= 0.6 is 0 Å². The number of aliphatic hydroxyl groups is 2.